The average molecular weight is 336 g/mol. The van der Waals surface area contributed by atoms with Crippen molar-refractivity contribution in [3.8, 4) is 0 Å². The topological polar surface area (TPSA) is 54.4 Å². The quantitative estimate of drug-likeness (QED) is 0.750. The van der Waals surface area contributed by atoms with Gasteiger partial charge in [-0.05, 0) is 34.9 Å². The molecule has 1 atom stereocenters. The minimum absolute atomic E-state index is 0.218. The Morgan fingerprint density at radius 1 is 0.875 bits per heavy atom. The van der Waals surface area contributed by atoms with Crippen LogP contribution >= 0.6 is 11.8 Å². The van der Waals surface area contributed by atoms with Crippen molar-refractivity contribution in [1.29, 1.82) is 0 Å². The molecule has 4 heteroatoms. The lowest BCUT2D eigenvalue weighted by Gasteiger charge is -2.11. The smallest absolute Gasteiger partial charge is 0.317 e. The van der Waals surface area contributed by atoms with Crippen LogP contribution in [-0.4, -0.2) is 21.4 Å². The normalized spacial score (nSPS) is 12.0. The van der Waals surface area contributed by atoms with Crippen LogP contribution in [0.4, 0.5) is 0 Å². The largest absolute Gasteiger partial charge is 0.480 e. The molecule has 0 aromatic heterocycles. The van der Waals surface area contributed by atoms with Crippen LogP contribution in [-0.2, 0) is 11.2 Å². The first-order valence-electron chi connectivity index (χ1n) is 7.60. The highest BCUT2D eigenvalue weighted by atomic mass is 32.2. The second-order valence-corrected chi connectivity index (χ2v) is 6.66. The molecule has 0 amide bonds. The van der Waals surface area contributed by atoms with Gasteiger partial charge in [-0.1, -0.05) is 72.4 Å². The highest BCUT2D eigenvalue weighted by Gasteiger charge is 2.23. The van der Waals surface area contributed by atoms with Crippen LogP contribution in [0.1, 0.15) is 15.9 Å². The van der Waals surface area contributed by atoms with E-state index in [0.717, 1.165) is 28.1 Å². The van der Waals surface area contributed by atoms with Crippen molar-refractivity contribution >= 4 is 33.6 Å². The SMILES string of the molecule is O=C(S[C@H](Cc1ccccc1)C(=O)O)c1ccc2ccccc2c1. The van der Waals surface area contributed by atoms with E-state index >= 15 is 0 Å². The molecule has 3 nitrogen and oxygen atoms in total. The first-order chi connectivity index (χ1) is 11.6. The van der Waals surface area contributed by atoms with Gasteiger partial charge >= 0.3 is 5.97 Å². The number of carbonyl (C=O) groups excluding carboxylic acids is 1. The van der Waals surface area contributed by atoms with E-state index in [0.29, 0.717) is 12.0 Å². The van der Waals surface area contributed by atoms with E-state index in [4.69, 9.17) is 0 Å². The first kappa shape index (κ1) is 16.3. The molecule has 24 heavy (non-hydrogen) atoms. The lowest BCUT2D eigenvalue weighted by molar-refractivity contribution is -0.136. The van der Waals surface area contributed by atoms with Crippen LogP contribution in [0.5, 0.6) is 0 Å². The Balaban J connectivity index is 1.78. The molecule has 3 aromatic rings. The molecule has 0 aliphatic carbocycles. The summed E-state index contributed by atoms with van der Waals surface area (Å²) >= 11 is 0.871. The molecule has 3 aromatic carbocycles. The van der Waals surface area contributed by atoms with Crippen LogP contribution in [0.2, 0.25) is 0 Å². The van der Waals surface area contributed by atoms with Crippen LogP contribution in [0.15, 0.2) is 72.8 Å². The molecule has 0 spiro atoms. The summed E-state index contributed by atoms with van der Waals surface area (Å²) in [6.07, 6.45) is 0.320. The molecule has 0 aliphatic rings. The molecule has 120 valence electrons. The lowest BCUT2D eigenvalue weighted by Crippen LogP contribution is -2.21. The van der Waals surface area contributed by atoms with Crippen LogP contribution < -0.4 is 0 Å². The number of carboxylic acids is 1. The van der Waals surface area contributed by atoms with E-state index in [9.17, 15) is 14.7 Å². The number of rotatable bonds is 5. The van der Waals surface area contributed by atoms with Crippen LogP contribution in [0.3, 0.4) is 0 Å². The summed E-state index contributed by atoms with van der Waals surface area (Å²) in [6, 6.07) is 22.6. The van der Waals surface area contributed by atoms with Gasteiger partial charge in [-0.15, -0.1) is 0 Å². The Morgan fingerprint density at radius 2 is 1.54 bits per heavy atom. The number of hydrogen-bond donors (Lipinski definition) is 1. The molecule has 0 radical (unpaired) electrons. The maximum atomic E-state index is 12.5. The standard InChI is InChI=1S/C20H16O3S/c21-19(22)18(12-14-6-2-1-3-7-14)24-20(23)17-11-10-15-8-4-5-9-16(15)13-17/h1-11,13,18H,12H2,(H,21,22)/t18-/m1/s1. The first-order valence-corrected chi connectivity index (χ1v) is 8.48. The molecule has 0 bridgehead atoms. The predicted octanol–water partition coefficient (Wildman–Crippen LogP) is 4.41. The summed E-state index contributed by atoms with van der Waals surface area (Å²) in [5, 5.41) is 10.4. The van der Waals surface area contributed by atoms with Gasteiger partial charge in [0, 0.05) is 5.56 Å². The van der Waals surface area contributed by atoms with Crippen LogP contribution in [0.25, 0.3) is 10.8 Å². The maximum absolute atomic E-state index is 12.5. The summed E-state index contributed by atoms with van der Waals surface area (Å²) in [5.74, 6) is -0.974. The summed E-state index contributed by atoms with van der Waals surface area (Å²) in [4.78, 5) is 24.0. The fraction of sp³-hybridized carbons (Fsp3) is 0.100. The van der Waals surface area contributed by atoms with E-state index in [2.05, 4.69) is 0 Å². The van der Waals surface area contributed by atoms with Crippen molar-refractivity contribution in [2.75, 3.05) is 0 Å². The van der Waals surface area contributed by atoms with Gasteiger partial charge in [0.1, 0.15) is 5.25 Å². The van der Waals surface area contributed by atoms with E-state index in [1.807, 2.05) is 66.7 Å². The van der Waals surface area contributed by atoms with Gasteiger partial charge in [-0.2, -0.15) is 0 Å². The molecule has 0 aliphatic heterocycles. The van der Waals surface area contributed by atoms with Crippen molar-refractivity contribution in [2.24, 2.45) is 0 Å². The Hall–Kier alpha value is -2.59. The number of benzene rings is 3. The third kappa shape index (κ3) is 3.84. The third-order valence-corrected chi connectivity index (χ3v) is 4.88. The van der Waals surface area contributed by atoms with Gasteiger partial charge < -0.3 is 5.11 Å². The van der Waals surface area contributed by atoms with Gasteiger partial charge in [-0.25, -0.2) is 0 Å². The summed E-state index contributed by atoms with van der Waals surface area (Å²) < 4.78 is 0. The number of carboxylic acid groups (broad SMARTS) is 1. The second-order valence-electron chi connectivity index (χ2n) is 5.48. The zero-order valence-electron chi connectivity index (χ0n) is 12.9. The monoisotopic (exact) mass is 336 g/mol. The summed E-state index contributed by atoms with van der Waals surface area (Å²) in [5.41, 5.74) is 1.43. The van der Waals surface area contributed by atoms with E-state index in [1.54, 1.807) is 6.07 Å². The number of hydrogen-bond acceptors (Lipinski definition) is 3. The van der Waals surface area contributed by atoms with Gasteiger partial charge in [0.15, 0.2) is 0 Å². The van der Waals surface area contributed by atoms with Crippen molar-refractivity contribution in [2.45, 2.75) is 11.7 Å². The molecule has 0 saturated heterocycles. The molecule has 0 unspecified atom stereocenters. The second kappa shape index (κ2) is 7.32. The number of thioether (sulfide) groups is 1. The van der Waals surface area contributed by atoms with Gasteiger partial charge in [0.25, 0.3) is 0 Å². The highest BCUT2D eigenvalue weighted by molar-refractivity contribution is 8.15. The average Bonchev–Trinajstić information content (AvgIpc) is 2.61. The molecule has 1 N–H and O–H groups in total. The fourth-order valence-corrected chi connectivity index (χ4v) is 3.42. The molecule has 0 heterocycles. The minimum Gasteiger partial charge on any atom is -0.480 e. The summed E-state index contributed by atoms with van der Waals surface area (Å²) in [7, 11) is 0. The molecule has 3 rings (SSSR count). The Labute approximate surface area is 144 Å². The van der Waals surface area contributed by atoms with Gasteiger partial charge in [0.2, 0.25) is 5.12 Å². The molecular formula is C20H16O3S. The zero-order chi connectivity index (χ0) is 16.9. The molecule has 0 fully saturated rings. The zero-order valence-corrected chi connectivity index (χ0v) is 13.7. The van der Waals surface area contributed by atoms with Gasteiger partial charge in [-0.3, -0.25) is 9.59 Å². The Bertz CT molecular complexity index is 874. The number of fused-ring (bicyclic) bond motifs is 1. The fourth-order valence-electron chi connectivity index (χ4n) is 2.52. The minimum atomic E-state index is -0.974. The van der Waals surface area contributed by atoms with Crippen molar-refractivity contribution in [3.63, 3.8) is 0 Å². The maximum Gasteiger partial charge on any atom is 0.317 e. The predicted molar refractivity (Wildman–Crippen MR) is 97.4 cm³/mol. The third-order valence-electron chi connectivity index (χ3n) is 3.77. The van der Waals surface area contributed by atoms with E-state index in [-0.39, 0.29) is 5.12 Å². The van der Waals surface area contributed by atoms with E-state index < -0.39 is 11.2 Å². The highest BCUT2D eigenvalue weighted by Crippen LogP contribution is 2.24. The van der Waals surface area contributed by atoms with Crippen molar-refractivity contribution in [3.05, 3.63) is 83.9 Å². The number of aliphatic carboxylic acids is 1. The Kier molecular flexibility index (Phi) is 4.96. The summed E-state index contributed by atoms with van der Waals surface area (Å²) in [6.45, 7) is 0. The lowest BCUT2D eigenvalue weighted by atomic mass is 10.1. The van der Waals surface area contributed by atoms with Crippen molar-refractivity contribution in [1.82, 2.24) is 0 Å². The van der Waals surface area contributed by atoms with Crippen LogP contribution in [0, 0.1) is 0 Å². The van der Waals surface area contributed by atoms with Crippen molar-refractivity contribution < 1.29 is 14.7 Å². The van der Waals surface area contributed by atoms with Gasteiger partial charge in [0.05, 0.1) is 0 Å². The molecular weight excluding hydrogens is 320 g/mol. The number of carbonyl (C=O) groups is 2. The molecule has 0 saturated carbocycles. The Morgan fingerprint density at radius 3 is 2.25 bits per heavy atom. The van der Waals surface area contributed by atoms with E-state index in [1.165, 1.54) is 0 Å².